The SMILES string of the molecule is CCCNc1cncc(N2CCCc3ccccc3C2)c1. The summed E-state index contributed by atoms with van der Waals surface area (Å²) in [5.74, 6) is 0. The van der Waals surface area contributed by atoms with Crippen molar-refractivity contribution in [3.63, 3.8) is 0 Å². The number of rotatable bonds is 4. The molecular weight excluding hydrogens is 258 g/mol. The van der Waals surface area contributed by atoms with Gasteiger partial charge in [-0.3, -0.25) is 4.98 Å². The van der Waals surface area contributed by atoms with Crippen LogP contribution in [0.3, 0.4) is 0 Å². The predicted octanol–water partition coefficient (Wildman–Crippen LogP) is 3.86. The molecule has 0 radical (unpaired) electrons. The van der Waals surface area contributed by atoms with Crippen molar-refractivity contribution in [3.8, 4) is 0 Å². The Balaban J connectivity index is 1.80. The molecule has 0 amide bonds. The third-order valence-electron chi connectivity index (χ3n) is 4.02. The van der Waals surface area contributed by atoms with Gasteiger partial charge in [0.2, 0.25) is 0 Å². The van der Waals surface area contributed by atoms with Crippen LogP contribution in [0, 0.1) is 0 Å². The van der Waals surface area contributed by atoms with Crippen LogP contribution < -0.4 is 10.2 Å². The standard InChI is InChI=1S/C18H23N3/c1-2-9-20-17-11-18(13-19-12-17)21-10-5-8-15-6-3-4-7-16(15)14-21/h3-4,6-7,11-13,20H,2,5,8-10,14H2,1H3. The number of anilines is 2. The number of fused-ring (bicyclic) bond motifs is 1. The highest BCUT2D eigenvalue weighted by Gasteiger charge is 2.14. The van der Waals surface area contributed by atoms with E-state index in [2.05, 4.69) is 52.5 Å². The molecule has 1 aromatic heterocycles. The molecule has 0 fully saturated rings. The summed E-state index contributed by atoms with van der Waals surface area (Å²) in [5.41, 5.74) is 5.27. The zero-order valence-electron chi connectivity index (χ0n) is 12.7. The van der Waals surface area contributed by atoms with E-state index >= 15 is 0 Å². The first-order chi connectivity index (χ1) is 10.4. The van der Waals surface area contributed by atoms with Crippen molar-refractivity contribution in [2.24, 2.45) is 0 Å². The summed E-state index contributed by atoms with van der Waals surface area (Å²) >= 11 is 0. The fraction of sp³-hybridized carbons (Fsp3) is 0.389. The number of aryl methyl sites for hydroxylation is 1. The molecule has 3 rings (SSSR count). The van der Waals surface area contributed by atoms with E-state index in [0.29, 0.717) is 0 Å². The van der Waals surface area contributed by atoms with Crippen molar-refractivity contribution in [2.45, 2.75) is 32.7 Å². The zero-order valence-corrected chi connectivity index (χ0v) is 12.7. The highest BCUT2D eigenvalue weighted by molar-refractivity contribution is 5.56. The van der Waals surface area contributed by atoms with E-state index < -0.39 is 0 Å². The van der Waals surface area contributed by atoms with Crippen LogP contribution in [0.15, 0.2) is 42.7 Å². The maximum absolute atomic E-state index is 4.40. The van der Waals surface area contributed by atoms with Gasteiger partial charge in [-0.2, -0.15) is 0 Å². The lowest BCUT2D eigenvalue weighted by atomic mass is 10.0. The Morgan fingerprint density at radius 2 is 2.05 bits per heavy atom. The molecule has 1 aliphatic rings. The van der Waals surface area contributed by atoms with Crippen LogP contribution in [0.25, 0.3) is 0 Å². The number of benzene rings is 1. The molecule has 110 valence electrons. The highest BCUT2D eigenvalue weighted by atomic mass is 15.1. The van der Waals surface area contributed by atoms with Gasteiger partial charge in [0, 0.05) is 19.6 Å². The first kappa shape index (κ1) is 13.9. The number of hydrogen-bond acceptors (Lipinski definition) is 3. The van der Waals surface area contributed by atoms with E-state index in [1.807, 2.05) is 12.4 Å². The van der Waals surface area contributed by atoms with E-state index in [-0.39, 0.29) is 0 Å². The molecule has 3 heteroatoms. The monoisotopic (exact) mass is 281 g/mol. The summed E-state index contributed by atoms with van der Waals surface area (Å²) in [4.78, 5) is 6.84. The second-order valence-corrected chi connectivity index (χ2v) is 5.65. The molecule has 0 spiro atoms. The molecular formula is C18H23N3. The van der Waals surface area contributed by atoms with E-state index in [9.17, 15) is 0 Å². The summed E-state index contributed by atoms with van der Waals surface area (Å²) in [6, 6.07) is 11.0. The Hall–Kier alpha value is -2.03. The molecule has 0 saturated carbocycles. The van der Waals surface area contributed by atoms with E-state index in [4.69, 9.17) is 0 Å². The van der Waals surface area contributed by atoms with Crippen molar-refractivity contribution in [3.05, 3.63) is 53.9 Å². The van der Waals surface area contributed by atoms with Crippen LogP contribution in [0.5, 0.6) is 0 Å². The van der Waals surface area contributed by atoms with Gasteiger partial charge < -0.3 is 10.2 Å². The average molecular weight is 281 g/mol. The smallest absolute Gasteiger partial charge is 0.0576 e. The van der Waals surface area contributed by atoms with E-state index in [1.54, 1.807) is 0 Å². The molecule has 21 heavy (non-hydrogen) atoms. The Morgan fingerprint density at radius 1 is 1.19 bits per heavy atom. The number of hydrogen-bond donors (Lipinski definition) is 1. The minimum Gasteiger partial charge on any atom is -0.384 e. The van der Waals surface area contributed by atoms with Crippen LogP contribution in [0.1, 0.15) is 30.9 Å². The first-order valence-electron chi connectivity index (χ1n) is 7.87. The zero-order chi connectivity index (χ0) is 14.5. The normalized spacial score (nSPS) is 14.4. The lowest BCUT2D eigenvalue weighted by molar-refractivity contribution is 0.764. The number of aromatic nitrogens is 1. The Bertz CT molecular complexity index is 595. The number of nitrogens with one attached hydrogen (secondary N) is 1. The summed E-state index contributed by atoms with van der Waals surface area (Å²) < 4.78 is 0. The quantitative estimate of drug-likeness (QED) is 0.922. The summed E-state index contributed by atoms with van der Waals surface area (Å²) in [6.45, 7) is 5.24. The molecule has 0 atom stereocenters. The van der Waals surface area contributed by atoms with Gasteiger partial charge in [0.05, 0.1) is 23.8 Å². The molecule has 2 heterocycles. The van der Waals surface area contributed by atoms with Gasteiger partial charge in [-0.25, -0.2) is 0 Å². The van der Waals surface area contributed by atoms with Crippen molar-refractivity contribution in [1.29, 1.82) is 0 Å². The van der Waals surface area contributed by atoms with Gasteiger partial charge in [0.25, 0.3) is 0 Å². The number of pyridine rings is 1. The molecule has 0 bridgehead atoms. The van der Waals surface area contributed by atoms with Gasteiger partial charge in [-0.05, 0) is 36.5 Å². The molecule has 0 aliphatic carbocycles. The van der Waals surface area contributed by atoms with Crippen LogP contribution in [0.4, 0.5) is 11.4 Å². The third kappa shape index (κ3) is 3.35. The molecule has 0 unspecified atom stereocenters. The maximum Gasteiger partial charge on any atom is 0.0576 e. The topological polar surface area (TPSA) is 28.2 Å². The van der Waals surface area contributed by atoms with E-state index in [1.165, 1.54) is 29.7 Å². The lowest BCUT2D eigenvalue weighted by Gasteiger charge is -2.23. The average Bonchev–Trinajstić information content (AvgIpc) is 2.75. The van der Waals surface area contributed by atoms with Crippen molar-refractivity contribution in [1.82, 2.24) is 4.98 Å². The largest absolute Gasteiger partial charge is 0.384 e. The second kappa shape index (κ2) is 6.61. The van der Waals surface area contributed by atoms with Crippen LogP contribution in [0.2, 0.25) is 0 Å². The Morgan fingerprint density at radius 3 is 2.90 bits per heavy atom. The highest BCUT2D eigenvalue weighted by Crippen LogP contribution is 2.25. The van der Waals surface area contributed by atoms with Crippen LogP contribution in [-0.4, -0.2) is 18.1 Å². The minimum atomic E-state index is 0.981. The molecule has 3 nitrogen and oxygen atoms in total. The second-order valence-electron chi connectivity index (χ2n) is 5.65. The molecule has 2 aromatic rings. The summed E-state index contributed by atoms with van der Waals surface area (Å²) in [7, 11) is 0. The van der Waals surface area contributed by atoms with Gasteiger partial charge >= 0.3 is 0 Å². The minimum absolute atomic E-state index is 0.981. The predicted molar refractivity (Wildman–Crippen MR) is 88.8 cm³/mol. The fourth-order valence-electron chi connectivity index (χ4n) is 2.89. The van der Waals surface area contributed by atoms with Gasteiger partial charge in [-0.15, -0.1) is 0 Å². The van der Waals surface area contributed by atoms with Crippen molar-refractivity contribution in [2.75, 3.05) is 23.3 Å². The summed E-state index contributed by atoms with van der Waals surface area (Å²) in [6.07, 6.45) is 7.38. The molecule has 1 aromatic carbocycles. The third-order valence-corrected chi connectivity index (χ3v) is 4.02. The van der Waals surface area contributed by atoms with Crippen LogP contribution >= 0.6 is 0 Å². The van der Waals surface area contributed by atoms with Gasteiger partial charge in [0.15, 0.2) is 0 Å². The van der Waals surface area contributed by atoms with Crippen LogP contribution in [-0.2, 0) is 13.0 Å². The summed E-state index contributed by atoms with van der Waals surface area (Å²) in [5, 5.41) is 3.42. The number of nitrogens with zero attached hydrogens (tertiary/aromatic N) is 2. The van der Waals surface area contributed by atoms with Crippen molar-refractivity contribution < 1.29 is 0 Å². The molecule has 0 saturated heterocycles. The Labute approximate surface area is 127 Å². The fourth-order valence-corrected chi connectivity index (χ4v) is 2.89. The lowest BCUT2D eigenvalue weighted by Crippen LogP contribution is -2.22. The van der Waals surface area contributed by atoms with E-state index in [0.717, 1.165) is 31.7 Å². The molecule has 1 N–H and O–H groups in total. The van der Waals surface area contributed by atoms with Gasteiger partial charge in [-0.1, -0.05) is 31.2 Å². The molecule has 1 aliphatic heterocycles. The van der Waals surface area contributed by atoms with Gasteiger partial charge in [0.1, 0.15) is 0 Å². The first-order valence-corrected chi connectivity index (χ1v) is 7.87. The van der Waals surface area contributed by atoms with Crippen molar-refractivity contribution >= 4 is 11.4 Å². The maximum atomic E-state index is 4.40. The Kier molecular flexibility index (Phi) is 4.39.